The number of hydrogen-bond donors (Lipinski definition) is 1. The Balaban J connectivity index is 1.61. The fourth-order valence-corrected chi connectivity index (χ4v) is 3.87. The maximum Gasteiger partial charge on any atom is 0.293 e. The third-order valence-electron chi connectivity index (χ3n) is 4.74. The average molecular weight is 392 g/mol. The zero-order valence-electron chi connectivity index (χ0n) is 16.1. The Morgan fingerprint density at radius 1 is 1.14 bits per heavy atom. The lowest BCUT2D eigenvalue weighted by Gasteiger charge is -2.04. The highest BCUT2D eigenvalue weighted by Gasteiger charge is 2.19. The maximum absolute atomic E-state index is 12.8. The number of fused-ring (bicyclic) bond motifs is 1. The fraction of sp³-hybridized carbons (Fsp3) is 0.182. The number of nitrogens with zero attached hydrogens (tertiary/aromatic N) is 1. The van der Waals surface area contributed by atoms with Gasteiger partial charge in [0.15, 0.2) is 10.9 Å². The number of amides is 1. The third kappa shape index (κ3) is 3.27. The van der Waals surface area contributed by atoms with Crippen LogP contribution in [0.3, 0.4) is 0 Å². The zero-order chi connectivity index (χ0) is 19.8. The molecule has 2 aromatic heterocycles. The Hall–Kier alpha value is -3.12. The highest BCUT2D eigenvalue weighted by molar-refractivity contribution is 7.14. The third-order valence-corrected chi connectivity index (χ3v) is 5.50. The summed E-state index contributed by atoms with van der Waals surface area (Å²) in [5, 5.41) is 6.21. The summed E-state index contributed by atoms with van der Waals surface area (Å²) in [4.78, 5) is 17.3. The lowest BCUT2D eigenvalue weighted by molar-refractivity contribution is 0.0998. The van der Waals surface area contributed by atoms with Gasteiger partial charge in [-0.25, -0.2) is 4.98 Å². The molecular weight excluding hydrogens is 372 g/mol. The van der Waals surface area contributed by atoms with Gasteiger partial charge < -0.3 is 9.15 Å². The molecule has 0 bridgehead atoms. The summed E-state index contributed by atoms with van der Waals surface area (Å²) < 4.78 is 11.0. The molecule has 142 valence electrons. The van der Waals surface area contributed by atoms with Gasteiger partial charge in [0.1, 0.15) is 11.3 Å². The van der Waals surface area contributed by atoms with E-state index in [2.05, 4.69) is 42.3 Å². The minimum atomic E-state index is -0.311. The van der Waals surface area contributed by atoms with Gasteiger partial charge in [0.25, 0.3) is 5.91 Å². The van der Waals surface area contributed by atoms with E-state index in [1.807, 2.05) is 24.4 Å². The van der Waals surface area contributed by atoms with Gasteiger partial charge in [-0.15, -0.1) is 11.3 Å². The van der Waals surface area contributed by atoms with E-state index < -0.39 is 0 Å². The van der Waals surface area contributed by atoms with Crippen LogP contribution in [-0.4, -0.2) is 18.0 Å². The van der Waals surface area contributed by atoms with Crippen LogP contribution < -0.4 is 10.1 Å². The lowest BCUT2D eigenvalue weighted by atomic mass is 10.0. The molecule has 0 saturated heterocycles. The van der Waals surface area contributed by atoms with Crippen LogP contribution in [0.1, 0.15) is 27.2 Å². The number of anilines is 1. The predicted molar refractivity (Wildman–Crippen MR) is 112 cm³/mol. The van der Waals surface area contributed by atoms with Crippen LogP contribution >= 0.6 is 11.3 Å². The first-order chi connectivity index (χ1) is 13.5. The van der Waals surface area contributed by atoms with Gasteiger partial charge in [0, 0.05) is 21.9 Å². The largest absolute Gasteiger partial charge is 0.497 e. The number of ether oxygens (including phenoxy) is 1. The smallest absolute Gasteiger partial charge is 0.293 e. The molecule has 2 aromatic carbocycles. The molecule has 2 heterocycles. The molecule has 0 atom stereocenters. The van der Waals surface area contributed by atoms with Crippen molar-refractivity contribution in [3.8, 4) is 17.0 Å². The summed E-state index contributed by atoms with van der Waals surface area (Å²) >= 11 is 1.40. The minimum Gasteiger partial charge on any atom is -0.497 e. The second kappa shape index (κ2) is 7.13. The highest BCUT2D eigenvalue weighted by Crippen LogP contribution is 2.31. The van der Waals surface area contributed by atoms with Crippen LogP contribution in [0.2, 0.25) is 0 Å². The Morgan fingerprint density at radius 3 is 2.75 bits per heavy atom. The van der Waals surface area contributed by atoms with Crippen LogP contribution in [0.5, 0.6) is 5.75 Å². The summed E-state index contributed by atoms with van der Waals surface area (Å²) in [5.74, 6) is 0.697. The van der Waals surface area contributed by atoms with E-state index in [1.165, 1.54) is 16.9 Å². The summed E-state index contributed by atoms with van der Waals surface area (Å²) in [7, 11) is 1.61. The molecule has 0 aliphatic rings. The molecule has 0 aliphatic heterocycles. The van der Waals surface area contributed by atoms with E-state index in [1.54, 1.807) is 13.2 Å². The molecule has 1 N–H and O–H groups in total. The highest BCUT2D eigenvalue weighted by atomic mass is 32.1. The molecule has 4 aromatic rings. The van der Waals surface area contributed by atoms with Crippen molar-refractivity contribution in [2.75, 3.05) is 12.4 Å². The van der Waals surface area contributed by atoms with Gasteiger partial charge in [-0.2, -0.15) is 0 Å². The summed E-state index contributed by atoms with van der Waals surface area (Å²) in [5.41, 5.74) is 5.68. The molecule has 0 radical (unpaired) electrons. The molecule has 1 amide bonds. The number of carbonyl (C=O) groups excluding carboxylic acids is 1. The Kier molecular flexibility index (Phi) is 4.65. The van der Waals surface area contributed by atoms with Crippen LogP contribution in [0.25, 0.3) is 22.2 Å². The number of rotatable bonds is 4. The van der Waals surface area contributed by atoms with Crippen LogP contribution in [0.4, 0.5) is 5.13 Å². The molecule has 4 rings (SSSR count). The minimum absolute atomic E-state index is 0.284. The molecule has 0 aliphatic carbocycles. The van der Waals surface area contributed by atoms with E-state index in [-0.39, 0.29) is 11.7 Å². The molecular formula is C22H20N2O3S. The van der Waals surface area contributed by atoms with Crippen LogP contribution in [0, 0.1) is 20.8 Å². The second-order valence-electron chi connectivity index (χ2n) is 6.73. The number of methoxy groups -OCH3 is 1. The number of nitrogens with one attached hydrogen (secondary N) is 1. The second-order valence-corrected chi connectivity index (χ2v) is 7.59. The van der Waals surface area contributed by atoms with Gasteiger partial charge in [-0.3, -0.25) is 10.1 Å². The number of aromatic nitrogens is 1. The quantitative estimate of drug-likeness (QED) is 0.481. The van der Waals surface area contributed by atoms with Gasteiger partial charge in [-0.1, -0.05) is 17.7 Å². The lowest BCUT2D eigenvalue weighted by Crippen LogP contribution is -2.11. The van der Waals surface area contributed by atoms with Crippen molar-refractivity contribution in [2.45, 2.75) is 20.8 Å². The van der Waals surface area contributed by atoms with Crippen LogP contribution in [-0.2, 0) is 0 Å². The predicted octanol–water partition coefficient (Wildman–Crippen LogP) is 5.74. The zero-order valence-corrected chi connectivity index (χ0v) is 16.9. The van der Waals surface area contributed by atoms with Gasteiger partial charge in [-0.05, 0) is 50.6 Å². The van der Waals surface area contributed by atoms with E-state index in [9.17, 15) is 4.79 Å². The van der Waals surface area contributed by atoms with Crippen molar-refractivity contribution in [3.63, 3.8) is 0 Å². The standard InChI is InChI=1S/C22H20N2O3S/c1-12-5-6-13(2)16(9-12)18-11-28-22(23-18)24-21(25)20-14(3)17-10-15(26-4)7-8-19(17)27-20/h5-11H,1-4H3,(H,23,24,25). The Bertz CT molecular complexity index is 1190. The van der Waals surface area contributed by atoms with Crippen molar-refractivity contribution < 1.29 is 13.9 Å². The first kappa shape index (κ1) is 18.3. The Labute approximate surface area is 167 Å². The molecule has 6 heteroatoms. The first-order valence-electron chi connectivity index (χ1n) is 8.88. The molecule has 5 nitrogen and oxygen atoms in total. The monoisotopic (exact) mass is 392 g/mol. The van der Waals surface area contributed by atoms with Gasteiger partial charge in [0.2, 0.25) is 0 Å². The number of aryl methyl sites for hydroxylation is 3. The van der Waals surface area contributed by atoms with Crippen molar-refractivity contribution >= 4 is 33.3 Å². The van der Waals surface area contributed by atoms with Crippen molar-refractivity contribution in [3.05, 3.63) is 64.2 Å². The van der Waals surface area contributed by atoms with Gasteiger partial charge in [0.05, 0.1) is 12.8 Å². The normalized spacial score (nSPS) is 11.0. The number of hydrogen-bond acceptors (Lipinski definition) is 5. The summed E-state index contributed by atoms with van der Waals surface area (Å²) in [6, 6.07) is 11.7. The molecule has 28 heavy (non-hydrogen) atoms. The molecule has 0 fully saturated rings. The fourth-order valence-electron chi connectivity index (χ4n) is 3.16. The molecule has 0 unspecified atom stereocenters. The number of furan rings is 1. The van der Waals surface area contributed by atoms with Crippen molar-refractivity contribution in [1.82, 2.24) is 4.98 Å². The Morgan fingerprint density at radius 2 is 1.96 bits per heavy atom. The first-order valence-corrected chi connectivity index (χ1v) is 9.76. The topological polar surface area (TPSA) is 64.4 Å². The van der Waals surface area contributed by atoms with Crippen LogP contribution in [0.15, 0.2) is 46.2 Å². The number of benzene rings is 2. The summed E-state index contributed by atoms with van der Waals surface area (Å²) in [6.45, 7) is 5.97. The van der Waals surface area contributed by atoms with Gasteiger partial charge >= 0.3 is 0 Å². The molecule has 0 spiro atoms. The number of thiazole rings is 1. The maximum atomic E-state index is 12.8. The van der Waals surface area contributed by atoms with E-state index in [4.69, 9.17) is 9.15 Å². The summed E-state index contributed by atoms with van der Waals surface area (Å²) in [6.07, 6.45) is 0. The SMILES string of the molecule is COc1ccc2oc(C(=O)Nc3nc(-c4cc(C)ccc4C)cs3)c(C)c2c1. The molecule has 0 saturated carbocycles. The average Bonchev–Trinajstić information content (AvgIpc) is 3.28. The van der Waals surface area contributed by atoms with E-state index in [0.29, 0.717) is 10.7 Å². The van der Waals surface area contributed by atoms with E-state index in [0.717, 1.165) is 33.5 Å². The van der Waals surface area contributed by atoms with Crippen molar-refractivity contribution in [1.29, 1.82) is 0 Å². The number of carbonyl (C=O) groups is 1. The van der Waals surface area contributed by atoms with Crippen molar-refractivity contribution in [2.24, 2.45) is 0 Å². The van der Waals surface area contributed by atoms with E-state index >= 15 is 0 Å².